The van der Waals surface area contributed by atoms with Gasteiger partial charge in [0.25, 0.3) is 0 Å². The van der Waals surface area contributed by atoms with Crippen molar-refractivity contribution in [1.82, 2.24) is 19.4 Å². The summed E-state index contributed by atoms with van der Waals surface area (Å²) in [5.74, 6) is 1.57. The van der Waals surface area contributed by atoms with Crippen molar-refractivity contribution in [1.29, 1.82) is 0 Å². The number of nitrogens with zero attached hydrogens (tertiary/aromatic N) is 4. The fourth-order valence-electron chi connectivity index (χ4n) is 7.64. The van der Waals surface area contributed by atoms with Crippen LogP contribution < -0.4 is 10.1 Å². The van der Waals surface area contributed by atoms with E-state index in [0.717, 1.165) is 105 Å². The molecular weight excluding hydrogens is 609 g/mol. The van der Waals surface area contributed by atoms with Crippen molar-refractivity contribution in [3.05, 3.63) is 83.1 Å². The largest absolute Gasteiger partial charge is 0.473 e. The number of imidazole rings is 1. The van der Waals surface area contributed by atoms with Crippen molar-refractivity contribution in [2.75, 3.05) is 31.6 Å². The molecule has 9 nitrogen and oxygen atoms in total. The normalized spacial score (nSPS) is 22.5. The smallest absolute Gasteiger partial charge is 0.229 e. The van der Waals surface area contributed by atoms with Gasteiger partial charge >= 0.3 is 0 Å². The number of aryl methyl sites for hydroxylation is 1. The molecule has 0 radical (unpaired) electrons. The SMILES string of the molecule is Cc1ccc(COc2cccc(C3CCN(Cc4nc5cc(NC(=O)C6COC7(CCC7)C6)ccc5n4CC4CCO4)CC3)n2)c(F)c1. The molecule has 1 amide bonds. The Balaban J connectivity index is 0.911. The average Bonchev–Trinajstić information content (AvgIpc) is 3.65. The van der Waals surface area contributed by atoms with Crippen LogP contribution >= 0.6 is 0 Å². The van der Waals surface area contributed by atoms with Gasteiger partial charge in [0.1, 0.15) is 18.2 Å². The number of aromatic nitrogens is 3. The maximum atomic E-state index is 14.3. The van der Waals surface area contributed by atoms with Gasteiger partial charge in [0, 0.05) is 35.5 Å². The minimum absolute atomic E-state index is 0.0373. The molecule has 252 valence electrons. The lowest BCUT2D eigenvalue weighted by atomic mass is 9.76. The van der Waals surface area contributed by atoms with Gasteiger partial charge in [-0.15, -0.1) is 0 Å². The van der Waals surface area contributed by atoms with Gasteiger partial charge in [0.05, 0.1) is 48.4 Å². The van der Waals surface area contributed by atoms with Crippen LogP contribution in [0.5, 0.6) is 5.88 Å². The number of amides is 1. The Morgan fingerprint density at radius 1 is 1.08 bits per heavy atom. The van der Waals surface area contributed by atoms with Crippen molar-refractivity contribution in [3.8, 4) is 5.88 Å². The molecule has 1 N–H and O–H groups in total. The van der Waals surface area contributed by atoms with Gasteiger partial charge < -0.3 is 24.1 Å². The van der Waals surface area contributed by atoms with Crippen LogP contribution in [0.1, 0.15) is 73.5 Å². The van der Waals surface area contributed by atoms with Crippen molar-refractivity contribution in [2.24, 2.45) is 5.92 Å². The van der Waals surface area contributed by atoms with E-state index < -0.39 is 0 Å². The summed E-state index contributed by atoms with van der Waals surface area (Å²) in [5, 5.41) is 3.15. The second kappa shape index (κ2) is 13.2. The maximum absolute atomic E-state index is 14.3. The highest BCUT2D eigenvalue weighted by molar-refractivity contribution is 5.95. The summed E-state index contributed by atoms with van der Waals surface area (Å²) in [7, 11) is 0. The average molecular weight is 654 g/mol. The predicted molar refractivity (Wildman–Crippen MR) is 180 cm³/mol. The quantitative estimate of drug-likeness (QED) is 0.208. The number of piperidine rings is 1. The third-order valence-corrected chi connectivity index (χ3v) is 10.8. The van der Waals surface area contributed by atoms with Crippen molar-refractivity contribution in [3.63, 3.8) is 0 Å². The third kappa shape index (κ3) is 6.58. The zero-order chi connectivity index (χ0) is 32.7. The molecule has 4 aliphatic rings. The molecular formula is C38H44FN5O4. The van der Waals surface area contributed by atoms with Gasteiger partial charge in [0.15, 0.2) is 0 Å². The molecule has 3 saturated heterocycles. The van der Waals surface area contributed by atoms with Crippen LogP contribution in [-0.2, 0) is 34.0 Å². The summed E-state index contributed by atoms with van der Waals surface area (Å²) in [6, 6.07) is 17.2. The zero-order valence-corrected chi connectivity index (χ0v) is 27.6. The Morgan fingerprint density at radius 2 is 1.94 bits per heavy atom. The van der Waals surface area contributed by atoms with Crippen LogP contribution in [0, 0.1) is 18.7 Å². The second-order valence-electron chi connectivity index (χ2n) is 14.2. The zero-order valence-electron chi connectivity index (χ0n) is 27.6. The summed E-state index contributed by atoms with van der Waals surface area (Å²) in [6.07, 6.45) is 7.39. The van der Waals surface area contributed by atoms with E-state index in [9.17, 15) is 9.18 Å². The molecule has 0 bridgehead atoms. The minimum Gasteiger partial charge on any atom is -0.473 e. The molecule has 8 rings (SSSR count). The van der Waals surface area contributed by atoms with Crippen LogP contribution in [0.4, 0.5) is 10.1 Å². The molecule has 1 saturated carbocycles. The number of hydrogen-bond donors (Lipinski definition) is 1. The van der Waals surface area contributed by atoms with Crippen molar-refractivity contribution < 1.29 is 23.4 Å². The number of likely N-dealkylation sites (tertiary alicyclic amines) is 1. The lowest BCUT2D eigenvalue weighted by Crippen LogP contribution is -2.36. The molecule has 2 unspecified atom stereocenters. The number of ether oxygens (including phenoxy) is 3. The second-order valence-corrected chi connectivity index (χ2v) is 14.2. The molecule has 2 aromatic heterocycles. The molecule has 3 aliphatic heterocycles. The third-order valence-electron chi connectivity index (χ3n) is 10.8. The summed E-state index contributed by atoms with van der Waals surface area (Å²) < 4.78 is 34.3. The van der Waals surface area contributed by atoms with Crippen LogP contribution in [0.15, 0.2) is 54.6 Å². The topological polar surface area (TPSA) is 90.7 Å². The highest BCUT2D eigenvalue weighted by Crippen LogP contribution is 2.45. The van der Waals surface area contributed by atoms with E-state index in [2.05, 4.69) is 26.9 Å². The summed E-state index contributed by atoms with van der Waals surface area (Å²) in [6.45, 7) is 6.73. The highest BCUT2D eigenvalue weighted by Gasteiger charge is 2.47. The standard InChI is InChI=1S/C38H44FN5O4/c1-25-6-7-27(31(39)18-25)23-47-36-5-2-4-32(42-36)26-10-15-43(16-11-26)22-35-41-33-19-29(8-9-34(33)44(35)21-30-12-17-46-30)40-37(45)28-20-38(48-24-28)13-3-14-38/h2,4-9,18-19,26,28,30H,3,10-17,20-24H2,1H3,(H,40,45). The Kier molecular flexibility index (Phi) is 8.65. The summed E-state index contributed by atoms with van der Waals surface area (Å²) in [5.41, 5.74) is 5.13. The first-order chi connectivity index (χ1) is 23.4. The Bertz CT molecular complexity index is 1790. The number of pyridine rings is 1. The van der Waals surface area contributed by atoms with E-state index in [0.29, 0.717) is 24.0 Å². The van der Waals surface area contributed by atoms with Gasteiger partial charge in [-0.3, -0.25) is 9.69 Å². The van der Waals surface area contributed by atoms with Crippen LogP contribution in [0.2, 0.25) is 0 Å². The van der Waals surface area contributed by atoms with E-state index in [1.165, 1.54) is 12.5 Å². The number of nitrogens with one attached hydrogen (secondary N) is 1. The van der Waals surface area contributed by atoms with Crippen molar-refractivity contribution >= 4 is 22.6 Å². The highest BCUT2D eigenvalue weighted by atomic mass is 19.1. The Morgan fingerprint density at radius 3 is 2.67 bits per heavy atom. The molecule has 1 aliphatic carbocycles. The van der Waals surface area contributed by atoms with Crippen LogP contribution in [0.25, 0.3) is 11.0 Å². The number of carbonyl (C=O) groups excluding carboxylic acids is 1. The lowest BCUT2D eigenvalue weighted by molar-refractivity contribution is -0.119. The molecule has 10 heteroatoms. The summed E-state index contributed by atoms with van der Waals surface area (Å²) >= 11 is 0. The van der Waals surface area contributed by atoms with Gasteiger partial charge in [-0.1, -0.05) is 18.2 Å². The molecule has 48 heavy (non-hydrogen) atoms. The van der Waals surface area contributed by atoms with Crippen molar-refractivity contribution in [2.45, 2.75) is 89.2 Å². The molecule has 4 aromatic rings. The van der Waals surface area contributed by atoms with Gasteiger partial charge in [-0.05, 0) is 101 Å². The first-order valence-electron chi connectivity index (χ1n) is 17.5. The van der Waals surface area contributed by atoms with Gasteiger partial charge in [-0.25, -0.2) is 14.4 Å². The van der Waals surface area contributed by atoms with E-state index in [-0.39, 0.29) is 36.0 Å². The number of benzene rings is 2. The first-order valence-corrected chi connectivity index (χ1v) is 17.5. The molecule has 2 atom stereocenters. The fraction of sp³-hybridized carbons (Fsp3) is 0.500. The van der Waals surface area contributed by atoms with Gasteiger partial charge in [-0.2, -0.15) is 0 Å². The first kappa shape index (κ1) is 31.4. The number of fused-ring (bicyclic) bond motifs is 1. The monoisotopic (exact) mass is 653 g/mol. The Hall–Kier alpha value is -3.86. The fourth-order valence-corrected chi connectivity index (χ4v) is 7.64. The van der Waals surface area contributed by atoms with Gasteiger partial charge in [0.2, 0.25) is 11.8 Å². The maximum Gasteiger partial charge on any atom is 0.229 e. The number of hydrogen-bond acceptors (Lipinski definition) is 7. The van der Waals surface area contributed by atoms with E-state index in [1.807, 2.05) is 37.3 Å². The number of rotatable bonds is 10. The van der Waals surface area contributed by atoms with E-state index >= 15 is 0 Å². The molecule has 4 fully saturated rings. The van der Waals surface area contributed by atoms with Crippen LogP contribution in [-0.4, -0.2) is 63.4 Å². The van der Waals surface area contributed by atoms with E-state index in [4.69, 9.17) is 24.2 Å². The molecule has 1 spiro atoms. The number of halogens is 1. The lowest BCUT2D eigenvalue weighted by Gasteiger charge is -2.37. The summed E-state index contributed by atoms with van der Waals surface area (Å²) in [4.78, 5) is 25.5. The predicted octanol–water partition coefficient (Wildman–Crippen LogP) is 6.52. The van der Waals surface area contributed by atoms with Crippen LogP contribution in [0.3, 0.4) is 0 Å². The molecule has 2 aromatic carbocycles. The number of carbonyl (C=O) groups is 1. The Labute approximate surface area is 280 Å². The minimum atomic E-state index is -0.254. The van der Waals surface area contributed by atoms with E-state index in [1.54, 1.807) is 6.07 Å². The number of anilines is 1. The molecule has 5 heterocycles.